The van der Waals surface area contributed by atoms with E-state index >= 15 is 0 Å². The number of carbonyl (C=O) groups is 1. The van der Waals surface area contributed by atoms with Crippen LogP contribution in [-0.2, 0) is 4.79 Å². The van der Waals surface area contributed by atoms with Gasteiger partial charge in [0.15, 0.2) is 11.5 Å². The fourth-order valence-corrected chi connectivity index (χ4v) is 2.33. The Hall–Kier alpha value is -1.75. The highest BCUT2D eigenvalue weighted by Gasteiger charge is 2.23. The van der Waals surface area contributed by atoms with Crippen LogP contribution in [0.1, 0.15) is 24.4 Å². The molecule has 0 radical (unpaired) electrons. The molecular formula is C14H19NO4. The van der Waals surface area contributed by atoms with E-state index < -0.39 is 0 Å². The minimum absolute atomic E-state index is 0.00922. The molecule has 1 aliphatic heterocycles. The molecule has 0 aromatic heterocycles. The number of carbonyl (C=O) groups excluding carboxylic acids is 1. The van der Waals surface area contributed by atoms with Gasteiger partial charge >= 0.3 is 0 Å². The van der Waals surface area contributed by atoms with Crippen molar-refractivity contribution < 1.29 is 19.0 Å². The van der Waals surface area contributed by atoms with E-state index in [9.17, 15) is 4.79 Å². The highest BCUT2D eigenvalue weighted by Crippen LogP contribution is 2.40. The summed E-state index contributed by atoms with van der Waals surface area (Å²) in [6, 6.07) is 3.78. The van der Waals surface area contributed by atoms with Crippen LogP contribution in [0.5, 0.6) is 17.2 Å². The maximum atomic E-state index is 11.6. The molecule has 2 rings (SSSR count). The highest BCUT2D eigenvalue weighted by atomic mass is 16.5. The lowest BCUT2D eigenvalue weighted by atomic mass is 9.96. The molecule has 1 unspecified atom stereocenters. The number of hydrogen-bond donors (Lipinski definition) is 1. The number of nitrogens with one attached hydrogen (secondary N) is 1. The molecule has 1 aromatic rings. The molecule has 1 aliphatic rings. The van der Waals surface area contributed by atoms with E-state index in [1.165, 1.54) is 0 Å². The van der Waals surface area contributed by atoms with Gasteiger partial charge in [-0.25, -0.2) is 0 Å². The first-order valence-corrected chi connectivity index (χ1v) is 6.24. The topological polar surface area (TPSA) is 56.8 Å². The lowest BCUT2D eigenvalue weighted by Crippen LogP contribution is -2.31. The quantitative estimate of drug-likeness (QED) is 0.898. The zero-order valence-electron chi connectivity index (χ0n) is 11.5. The van der Waals surface area contributed by atoms with Crippen molar-refractivity contribution >= 4 is 5.78 Å². The number of ketones is 1. The first-order valence-electron chi connectivity index (χ1n) is 6.24. The second-order valence-electron chi connectivity index (χ2n) is 4.46. The first kappa shape index (κ1) is 13.7. The van der Waals surface area contributed by atoms with Crippen LogP contribution in [-0.4, -0.2) is 33.7 Å². The van der Waals surface area contributed by atoms with E-state index in [-0.39, 0.29) is 11.8 Å². The van der Waals surface area contributed by atoms with Gasteiger partial charge in [0.2, 0.25) is 5.75 Å². The van der Waals surface area contributed by atoms with E-state index in [1.54, 1.807) is 21.3 Å². The highest BCUT2D eigenvalue weighted by molar-refractivity contribution is 5.80. The van der Waals surface area contributed by atoms with Crippen LogP contribution >= 0.6 is 0 Å². The summed E-state index contributed by atoms with van der Waals surface area (Å²) in [7, 11) is 4.74. The summed E-state index contributed by atoms with van der Waals surface area (Å²) in [6.45, 7) is 0.708. The predicted octanol–water partition coefficient (Wildman–Crippen LogP) is 1.71. The summed E-state index contributed by atoms with van der Waals surface area (Å²) in [6.07, 6.45) is 1.10. The Kier molecular flexibility index (Phi) is 4.27. The maximum Gasteiger partial charge on any atom is 0.203 e. The molecule has 19 heavy (non-hydrogen) atoms. The lowest BCUT2D eigenvalue weighted by Gasteiger charge is -2.24. The van der Waals surface area contributed by atoms with Crippen molar-refractivity contribution in [2.75, 3.05) is 27.9 Å². The Morgan fingerprint density at radius 2 is 1.74 bits per heavy atom. The molecule has 0 spiro atoms. The van der Waals surface area contributed by atoms with E-state index in [0.29, 0.717) is 36.6 Å². The summed E-state index contributed by atoms with van der Waals surface area (Å²) in [5.74, 6) is 2.06. The van der Waals surface area contributed by atoms with Gasteiger partial charge in [-0.3, -0.25) is 4.79 Å². The number of ether oxygens (including phenoxy) is 3. The second kappa shape index (κ2) is 5.93. The summed E-state index contributed by atoms with van der Waals surface area (Å²) in [5.41, 5.74) is 0.975. The van der Waals surface area contributed by atoms with E-state index in [1.807, 2.05) is 12.1 Å². The summed E-state index contributed by atoms with van der Waals surface area (Å²) >= 11 is 0. The number of methoxy groups -OCH3 is 3. The SMILES string of the molecule is COc1cc(C2CC(=O)CCN2)cc(OC)c1OC. The third-order valence-electron chi connectivity index (χ3n) is 3.32. The average molecular weight is 265 g/mol. The molecule has 0 aliphatic carbocycles. The second-order valence-corrected chi connectivity index (χ2v) is 4.46. The summed E-state index contributed by atoms with van der Waals surface area (Å²) in [5, 5.41) is 3.33. The minimum atomic E-state index is 0.00922. The smallest absolute Gasteiger partial charge is 0.203 e. The van der Waals surface area contributed by atoms with E-state index in [4.69, 9.17) is 14.2 Å². The maximum absolute atomic E-state index is 11.6. The number of hydrogen-bond acceptors (Lipinski definition) is 5. The number of rotatable bonds is 4. The number of Topliss-reactive ketones (excluding diaryl/α,β-unsaturated/α-hetero) is 1. The zero-order chi connectivity index (χ0) is 13.8. The minimum Gasteiger partial charge on any atom is -0.493 e. The Labute approximate surface area is 112 Å². The third-order valence-corrected chi connectivity index (χ3v) is 3.32. The first-order chi connectivity index (χ1) is 9.19. The fourth-order valence-electron chi connectivity index (χ4n) is 2.33. The van der Waals surface area contributed by atoms with Crippen LogP contribution in [0.3, 0.4) is 0 Å². The average Bonchev–Trinajstić information content (AvgIpc) is 2.45. The lowest BCUT2D eigenvalue weighted by molar-refractivity contribution is -0.120. The molecule has 1 saturated heterocycles. The summed E-state index contributed by atoms with van der Waals surface area (Å²) in [4.78, 5) is 11.6. The van der Waals surface area contributed by atoms with Gasteiger partial charge in [-0.1, -0.05) is 0 Å². The molecule has 0 amide bonds. The molecule has 5 heteroatoms. The van der Waals surface area contributed by atoms with Crippen LogP contribution in [0.15, 0.2) is 12.1 Å². The molecule has 0 saturated carbocycles. The molecule has 1 heterocycles. The van der Waals surface area contributed by atoms with Gasteiger partial charge in [0.05, 0.1) is 21.3 Å². The Balaban J connectivity index is 2.37. The Bertz CT molecular complexity index is 448. The third kappa shape index (κ3) is 2.81. The number of benzene rings is 1. The van der Waals surface area contributed by atoms with Gasteiger partial charge in [-0.15, -0.1) is 0 Å². The largest absolute Gasteiger partial charge is 0.493 e. The summed E-state index contributed by atoms with van der Waals surface area (Å²) < 4.78 is 15.9. The standard InChI is InChI=1S/C14H19NO4/c1-17-12-6-9(7-13(18-2)14(12)19-3)11-8-10(16)4-5-15-11/h6-7,11,15H,4-5,8H2,1-3H3. The normalized spacial score (nSPS) is 19.1. The Morgan fingerprint density at radius 3 is 2.21 bits per heavy atom. The van der Waals surface area contributed by atoms with E-state index in [2.05, 4.69) is 5.32 Å². The van der Waals surface area contributed by atoms with Crippen molar-refractivity contribution in [2.45, 2.75) is 18.9 Å². The molecule has 104 valence electrons. The van der Waals surface area contributed by atoms with Gasteiger partial charge in [0.1, 0.15) is 5.78 Å². The van der Waals surface area contributed by atoms with E-state index in [0.717, 1.165) is 5.56 Å². The van der Waals surface area contributed by atoms with Gasteiger partial charge < -0.3 is 19.5 Å². The number of piperidine rings is 1. The van der Waals surface area contributed by atoms with Crippen molar-refractivity contribution in [1.82, 2.24) is 5.32 Å². The van der Waals surface area contributed by atoms with Crippen LogP contribution in [0.4, 0.5) is 0 Å². The van der Waals surface area contributed by atoms with Crippen molar-refractivity contribution in [2.24, 2.45) is 0 Å². The molecule has 5 nitrogen and oxygen atoms in total. The molecule has 1 aromatic carbocycles. The monoisotopic (exact) mass is 265 g/mol. The Morgan fingerprint density at radius 1 is 1.11 bits per heavy atom. The van der Waals surface area contributed by atoms with Crippen LogP contribution < -0.4 is 19.5 Å². The molecule has 1 N–H and O–H groups in total. The zero-order valence-corrected chi connectivity index (χ0v) is 11.5. The van der Waals surface area contributed by atoms with Crippen molar-refractivity contribution in [1.29, 1.82) is 0 Å². The van der Waals surface area contributed by atoms with Crippen LogP contribution in [0, 0.1) is 0 Å². The van der Waals surface area contributed by atoms with Crippen LogP contribution in [0.2, 0.25) is 0 Å². The molecule has 1 fully saturated rings. The van der Waals surface area contributed by atoms with Crippen molar-refractivity contribution in [3.05, 3.63) is 17.7 Å². The van der Waals surface area contributed by atoms with Gasteiger partial charge in [0, 0.05) is 25.4 Å². The molecular weight excluding hydrogens is 246 g/mol. The molecule has 1 atom stereocenters. The van der Waals surface area contributed by atoms with Gasteiger partial charge in [0.25, 0.3) is 0 Å². The van der Waals surface area contributed by atoms with Gasteiger partial charge in [-0.2, -0.15) is 0 Å². The fraction of sp³-hybridized carbons (Fsp3) is 0.500. The van der Waals surface area contributed by atoms with Gasteiger partial charge in [-0.05, 0) is 17.7 Å². The van der Waals surface area contributed by atoms with Crippen molar-refractivity contribution in [3.63, 3.8) is 0 Å². The van der Waals surface area contributed by atoms with Crippen LogP contribution in [0.25, 0.3) is 0 Å². The molecule has 0 bridgehead atoms. The van der Waals surface area contributed by atoms with Crippen molar-refractivity contribution in [3.8, 4) is 17.2 Å². The predicted molar refractivity (Wildman–Crippen MR) is 71.1 cm³/mol.